The molecule has 0 saturated carbocycles. The number of nitrogens with two attached hydrogens (primary N) is 1. The molecular weight excluding hydrogens is 156 g/mol. The molecule has 2 nitrogen and oxygen atoms in total. The minimum Gasteiger partial charge on any atom is -0.329 e. The first-order chi connectivity index (χ1) is 5.33. The van der Waals surface area contributed by atoms with Crippen molar-refractivity contribution in [3.05, 3.63) is 0 Å². The van der Waals surface area contributed by atoms with Crippen LogP contribution >= 0.6 is 11.8 Å². The Morgan fingerprint density at radius 1 is 1.73 bits per heavy atom. The maximum Gasteiger partial charge on any atom is 0.0162 e. The zero-order valence-corrected chi connectivity index (χ0v) is 7.99. The average molecular weight is 174 g/mol. The molecule has 1 fully saturated rings. The van der Waals surface area contributed by atoms with E-state index in [4.69, 9.17) is 5.73 Å². The topological polar surface area (TPSA) is 38.0 Å². The number of nitrogens with one attached hydrogen (secondary N) is 1. The highest BCUT2D eigenvalue weighted by molar-refractivity contribution is 7.99. The van der Waals surface area contributed by atoms with Crippen LogP contribution in [-0.4, -0.2) is 30.6 Å². The number of hydrogen-bond donors (Lipinski definition) is 2. The first-order valence-corrected chi connectivity index (χ1v) is 5.49. The molecule has 1 aliphatic rings. The van der Waals surface area contributed by atoms with Gasteiger partial charge in [0.2, 0.25) is 0 Å². The van der Waals surface area contributed by atoms with Crippen LogP contribution in [0.4, 0.5) is 0 Å². The standard InChI is InChI=1S/C8H18N2S/c1-7(4-9)10-5-8-2-3-11-6-8/h7-8,10H,2-6,9H2,1H3/t7-,8?/m1/s1. The highest BCUT2D eigenvalue weighted by Crippen LogP contribution is 2.22. The van der Waals surface area contributed by atoms with Gasteiger partial charge in [-0.1, -0.05) is 0 Å². The highest BCUT2D eigenvalue weighted by Gasteiger charge is 2.15. The van der Waals surface area contributed by atoms with Crippen LogP contribution in [0.5, 0.6) is 0 Å². The second-order valence-corrected chi connectivity index (χ2v) is 4.42. The molecule has 1 rings (SSSR count). The van der Waals surface area contributed by atoms with Crippen molar-refractivity contribution in [3.8, 4) is 0 Å². The van der Waals surface area contributed by atoms with Crippen LogP contribution < -0.4 is 11.1 Å². The van der Waals surface area contributed by atoms with E-state index < -0.39 is 0 Å². The quantitative estimate of drug-likeness (QED) is 0.658. The van der Waals surface area contributed by atoms with Crippen LogP contribution in [0.1, 0.15) is 13.3 Å². The summed E-state index contributed by atoms with van der Waals surface area (Å²) in [4.78, 5) is 0. The van der Waals surface area contributed by atoms with Crippen molar-refractivity contribution in [1.82, 2.24) is 5.32 Å². The van der Waals surface area contributed by atoms with Crippen LogP contribution in [-0.2, 0) is 0 Å². The number of rotatable bonds is 4. The van der Waals surface area contributed by atoms with Gasteiger partial charge in [0.25, 0.3) is 0 Å². The van der Waals surface area contributed by atoms with Crippen molar-refractivity contribution in [1.29, 1.82) is 0 Å². The van der Waals surface area contributed by atoms with Gasteiger partial charge < -0.3 is 11.1 Å². The van der Waals surface area contributed by atoms with Crippen molar-refractivity contribution in [3.63, 3.8) is 0 Å². The molecule has 3 heteroatoms. The number of hydrogen-bond acceptors (Lipinski definition) is 3. The van der Waals surface area contributed by atoms with E-state index in [2.05, 4.69) is 24.0 Å². The Labute approximate surface area is 73.3 Å². The summed E-state index contributed by atoms with van der Waals surface area (Å²) < 4.78 is 0. The second kappa shape index (κ2) is 5.01. The van der Waals surface area contributed by atoms with Crippen molar-refractivity contribution in [2.75, 3.05) is 24.6 Å². The molecule has 1 heterocycles. The fourth-order valence-corrected chi connectivity index (χ4v) is 2.48. The van der Waals surface area contributed by atoms with Crippen LogP contribution in [0.25, 0.3) is 0 Å². The third-order valence-corrected chi connectivity index (χ3v) is 3.36. The highest BCUT2D eigenvalue weighted by atomic mass is 32.2. The second-order valence-electron chi connectivity index (χ2n) is 3.27. The van der Waals surface area contributed by atoms with Crippen LogP contribution in [0, 0.1) is 5.92 Å². The largest absolute Gasteiger partial charge is 0.329 e. The summed E-state index contributed by atoms with van der Waals surface area (Å²) in [5, 5.41) is 3.44. The average Bonchev–Trinajstić information content (AvgIpc) is 2.52. The van der Waals surface area contributed by atoms with Crippen molar-refractivity contribution in [2.24, 2.45) is 11.7 Å². The van der Waals surface area contributed by atoms with Crippen molar-refractivity contribution < 1.29 is 0 Å². The van der Waals surface area contributed by atoms with Gasteiger partial charge in [0.15, 0.2) is 0 Å². The third kappa shape index (κ3) is 3.45. The zero-order valence-electron chi connectivity index (χ0n) is 7.18. The monoisotopic (exact) mass is 174 g/mol. The molecule has 1 saturated heterocycles. The van der Waals surface area contributed by atoms with Crippen LogP contribution in [0.2, 0.25) is 0 Å². The molecule has 2 atom stereocenters. The smallest absolute Gasteiger partial charge is 0.0162 e. The van der Waals surface area contributed by atoms with E-state index in [0.29, 0.717) is 6.04 Å². The molecule has 1 unspecified atom stereocenters. The zero-order chi connectivity index (χ0) is 8.10. The van der Waals surface area contributed by atoms with E-state index in [0.717, 1.165) is 19.0 Å². The maximum atomic E-state index is 5.49. The van der Waals surface area contributed by atoms with Gasteiger partial charge in [-0.2, -0.15) is 11.8 Å². The van der Waals surface area contributed by atoms with Gasteiger partial charge in [-0.05, 0) is 37.3 Å². The molecule has 0 radical (unpaired) electrons. The normalized spacial score (nSPS) is 27.3. The van der Waals surface area contributed by atoms with E-state index in [1.807, 2.05) is 0 Å². The molecule has 3 N–H and O–H groups in total. The molecule has 1 aliphatic heterocycles. The first kappa shape index (κ1) is 9.36. The van der Waals surface area contributed by atoms with Gasteiger partial charge in [-0.15, -0.1) is 0 Å². The van der Waals surface area contributed by atoms with Gasteiger partial charge in [0.1, 0.15) is 0 Å². The van der Waals surface area contributed by atoms with E-state index in [-0.39, 0.29) is 0 Å². The maximum absolute atomic E-state index is 5.49. The van der Waals surface area contributed by atoms with Gasteiger partial charge in [-0.25, -0.2) is 0 Å². The predicted molar refractivity (Wildman–Crippen MR) is 52.0 cm³/mol. The van der Waals surface area contributed by atoms with E-state index >= 15 is 0 Å². The fraction of sp³-hybridized carbons (Fsp3) is 1.00. The van der Waals surface area contributed by atoms with Gasteiger partial charge in [-0.3, -0.25) is 0 Å². The Hall–Kier alpha value is 0.270. The molecule has 0 amide bonds. The van der Waals surface area contributed by atoms with E-state index in [9.17, 15) is 0 Å². The van der Waals surface area contributed by atoms with Crippen molar-refractivity contribution in [2.45, 2.75) is 19.4 Å². The lowest BCUT2D eigenvalue weighted by Gasteiger charge is -2.14. The van der Waals surface area contributed by atoms with Crippen LogP contribution in [0.3, 0.4) is 0 Å². The molecule has 0 aromatic rings. The summed E-state index contributed by atoms with van der Waals surface area (Å²) in [7, 11) is 0. The molecule has 0 spiro atoms. The Kier molecular flexibility index (Phi) is 4.26. The summed E-state index contributed by atoms with van der Waals surface area (Å²) in [6.07, 6.45) is 1.38. The lowest BCUT2D eigenvalue weighted by Crippen LogP contribution is -2.36. The lowest BCUT2D eigenvalue weighted by molar-refractivity contribution is 0.472. The molecule has 0 bridgehead atoms. The van der Waals surface area contributed by atoms with Crippen molar-refractivity contribution >= 4 is 11.8 Å². The summed E-state index contributed by atoms with van der Waals surface area (Å²) in [5.41, 5.74) is 5.49. The summed E-state index contributed by atoms with van der Waals surface area (Å²) in [5.74, 6) is 3.59. The Morgan fingerprint density at radius 2 is 2.55 bits per heavy atom. The molecular formula is C8H18N2S. The Morgan fingerprint density at radius 3 is 3.09 bits per heavy atom. The Balaban J connectivity index is 2.01. The molecule has 11 heavy (non-hydrogen) atoms. The Bertz CT molecular complexity index is 102. The van der Waals surface area contributed by atoms with Gasteiger partial charge in [0, 0.05) is 12.6 Å². The first-order valence-electron chi connectivity index (χ1n) is 4.34. The third-order valence-electron chi connectivity index (χ3n) is 2.13. The van der Waals surface area contributed by atoms with Crippen LogP contribution in [0.15, 0.2) is 0 Å². The number of thioether (sulfide) groups is 1. The molecule has 0 aromatic heterocycles. The summed E-state index contributed by atoms with van der Waals surface area (Å²) in [6.45, 7) is 4.05. The van der Waals surface area contributed by atoms with Gasteiger partial charge in [0.05, 0.1) is 0 Å². The molecule has 0 aromatic carbocycles. The van der Waals surface area contributed by atoms with E-state index in [1.54, 1.807) is 0 Å². The summed E-state index contributed by atoms with van der Waals surface area (Å²) in [6, 6.07) is 0.487. The minimum atomic E-state index is 0.487. The predicted octanol–water partition coefficient (Wildman–Crippen LogP) is 0.676. The minimum absolute atomic E-state index is 0.487. The molecule has 66 valence electrons. The lowest BCUT2D eigenvalue weighted by atomic mass is 10.1. The summed E-state index contributed by atoms with van der Waals surface area (Å²) >= 11 is 2.07. The fourth-order valence-electron chi connectivity index (χ4n) is 1.20. The molecule has 0 aliphatic carbocycles. The van der Waals surface area contributed by atoms with E-state index in [1.165, 1.54) is 17.9 Å². The SMILES string of the molecule is C[C@H](CN)NCC1CCSC1. The van der Waals surface area contributed by atoms with Gasteiger partial charge >= 0.3 is 0 Å².